The molecular formula is C12H20O8. The Bertz CT molecular complexity index is 342. The van der Waals surface area contributed by atoms with Crippen LogP contribution in [0, 0.1) is 0 Å². The van der Waals surface area contributed by atoms with Gasteiger partial charge in [0.25, 0.3) is 0 Å². The van der Waals surface area contributed by atoms with Gasteiger partial charge in [0.05, 0.1) is 6.61 Å². The Kier molecular flexibility index (Phi) is 6.50. The lowest BCUT2D eigenvalue weighted by molar-refractivity contribution is -0.292. The van der Waals surface area contributed by atoms with Crippen LogP contribution in [0.3, 0.4) is 0 Å². The van der Waals surface area contributed by atoms with E-state index in [4.69, 9.17) is 14.6 Å². The molecule has 0 saturated carbocycles. The second-order valence-electron chi connectivity index (χ2n) is 4.74. The van der Waals surface area contributed by atoms with Gasteiger partial charge in [0.2, 0.25) is 6.29 Å². The number of ether oxygens (including phenoxy) is 2. The molecule has 5 unspecified atom stereocenters. The van der Waals surface area contributed by atoms with Crippen LogP contribution in [0.15, 0.2) is 0 Å². The number of hydrogen-bond donors (Lipinski definition) is 4. The average molecular weight is 292 g/mol. The van der Waals surface area contributed by atoms with Gasteiger partial charge in [-0.1, -0.05) is 0 Å². The van der Waals surface area contributed by atoms with E-state index in [0.29, 0.717) is 6.42 Å². The Morgan fingerprint density at radius 3 is 2.30 bits per heavy atom. The first-order chi connectivity index (χ1) is 9.36. The van der Waals surface area contributed by atoms with E-state index in [-0.39, 0.29) is 18.6 Å². The van der Waals surface area contributed by atoms with E-state index < -0.39 is 43.3 Å². The van der Waals surface area contributed by atoms with Crippen LogP contribution in [0.4, 0.5) is 0 Å². The van der Waals surface area contributed by atoms with Gasteiger partial charge < -0.3 is 34.7 Å². The molecular weight excluding hydrogens is 272 g/mol. The highest BCUT2D eigenvalue weighted by molar-refractivity contribution is 5.76. The molecule has 1 rings (SSSR count). The zero-order valence-electron chi connectivity index (χ0n) is 11.1. The van der Waals surface area contributed by atoms with Crippen molar-refractivity contribution < 1.29 is 39.5 Å². The highest BCUT2D eigenvalue weighted by Crippen LogP contribution is 2.22. The summed E-state index contributed by atoms with van der Waals surface area (Å²) in [6.07, 6.45) is -6.76. The lowest BCUT2D eigenvalue weighted by Gasteiger charge is -2.39. The standard InChI is InChI=1S/C12H20O8/c1-6(14)3-2-4-8(15)20-12-11(18)10(17)9(16)7(5-13)19-12/h7,9-13,16-18H,2-5H2,1H3. The molecule has 0 aromatic carbocycles. The van der Waals surface area contributed by atoms with Crippen molar-refractivity contribution in [1.82, 2.24) is 0 Å². The lowest BCUT2D eigenvalue weighted by Crippen LogP contribution is -2.59. The van der Waals surface area contributed by atoms with Gasteiger partial charge in [-0.25, -0.2) is 0 Å². The quantitative estimate of drug-likeness (QED) is 0.417. The third kappa shape index (κ3) is 4.50. The summed E-state index contributed by atoms with van der Waals surface area (Å²) in [5, 5.41) is 37.6. The molecule has 5 atom stereocenters. The summed E-state index contributed by atoms with van der Waals surface area (Å²) in [5.74, 6) is -0.749. The van der Waals surface area contributed by atoms with Crippen molar-refractivity contribution in [2.24, 2.45) is 0 Å². The highest BCUT2D eigenvalue weighted by Gasteiger charge is 2.45. The van der Waals surface area contributed by atoms with Gasteiger partial charge >= 0.3 is 5.97 Å². The summed E-state index contributed by atoms with van der Waals surface area (Å²) < 4.78 is 9.84. The second kappa shape index (κ2) is 7.65. The minimum atomic E-state index is -1.61. The molecule has 0 amide bonds. The number of aliphatic hydroxyl groups excluding tert-OH is 4. The summed E-state index contributed by atoms with van der Waals surface area (Å²) in [6.45, 7) is 0.812. The number of Topliss-reactive ketones (excluding diaryl/α,β-unsaturated/α-hetero) is 1. The lowest BCUT2D eigenvalue weighted by atomic mass is 9.99. The number of rotatable bonds is 6. The first-order valence-electron chi connectivity index (χ1n) is 6.36. The largest absolute Gasteiger partial charge is 0.433 e. The molecule has 0 aromatic heterocycles. The van der Waals surface area contributed by atoms with Gasteiger partial charge in [0.15, 0.2) is 0 Å². The average Bonchev–Trinajstić information content (AvgIpc) is 2.39. The number of hydrogen-bond acceptors (Lipinski definition) is 8. The molecule has 116 valence electrons. The first kappa shape index (κ1) is 17.0. The molecule has 8 nitrogen and oxygen atoms in total. The normalized spacial score (nSPS) is 33.8. The molecule has 4 N–H and O–H groups in total. The van der Waals surface area contributed by atoms with Crippen molar-refractivity contribution >= 4 is 11.8 Å². The first-order valence-corrected chi connectivity index (χ1v) is 6.36. The van der Waals surface area contributed by atoms with Crippen molar-refractivity contribution in [3.63, 3.8) is 0 Å². The molecule has 0 spiro atoms. The Morgan fingerprint density at radius 2 is 1.75 bits per heavy atom. The fourth-order valence-electron chi connectivity index (χ4n) is 1.83. The summed E-state index contributed by atoms with van der Waals surface area (Å²) >= 11 is 0. The Morgan fingerprint density at radius 1 is 1.10 bits per heavy atom. The number of ketones is 1. The van der Waals surface area contributed by atoms with Crippen LogP contribution in [0.1, 0.15) is 26.2 Å². The molecule has 1 saturated heterocycles. The zero-order chi connectivity index (χ0) is 15.3. The van der Waals surface area contributed by atoms with E-state index in [2.05, 4.69) is 0 Å². The van der Waals surface area contributed by atoms with Crippen LogP contribution in [0.2, 0.25) is 0 Å². The van der Waals surface area contributed by atoms with Crippen LogP contribution in [0.5, 0.6) is 0 Å². The SMILES string of the molecule is CC(=O)CCCC(=O)OC1OC(CO)C(O)C(O)C1O. The van der Waals surface area contributed by atoms with Crippen LogP contribution in [-0.4, -0.2) is 69.5 Å². The van der Waals surface area contributed by atoms with Crippen molar-refractivity contribution in [3.8, 4) is 0 Å². The molecule has 1 aliphatic heterocycles. The molecule has 0 aliphatic carbocycles. The molecule has 8 heteroatoms. The van der Waals surface area contributed by atoms with Crippen molar-refractivity contribution in [3.05, 3.63) is 0 Å². The maximum Gasteiger partial charge on any atom is 0.308 e. The highest BCUT2D eigenvalue weighted by atomic mass is 16.7. The van der Waals surface area contributed by atoms with E-state index in [1.165, 1.54) is 6.92 Å². The van der Waals surface area contributed by atoms with Gasteiger partial charge in [0.1, 0.15) is 30.2 Å². The summed E-state index contributed by atoms with van der Waals surface area (Å²) in [6, 6.07) is 0. The van der Waals surface area contributed by atoms with Gasteiger partial charge in [-0.15, -0.1) is 0 Å². The zero-order valence-corrected chi connectivity index (χ0v) is 11.1. The minimum Gasteiger partial charge on any atom is -0.433 e. The Hall–Kier alpha value is -1.06. The number of esters is 1. The summed E-state index contributed by atoms with van der Waals surface area (Å²) in [4.78, 5) is 22.2. The van der Waals surface area contributed by atoms with Crippen LogP contribution < -0.4 is 0 Å². The maximum atomic E-state index is 11.5. The van der Waals surface area contributed by atoms with Crippen molar-refractivity contribution in [2.45, 2.75) is 56.9 Å². The molecule has 1 fully saturated rings. The van der Waals surface area contributed by atoms with E-state index in [1.54, 1.807) is 0 Å². The van der Waals surface area contributed by atoms with E-state index in [0.717, 1.165) is 0 Å². The van der Waals surface area contributed by atoms with E-state index in [9.17, 15) is 24.9 Å². The van der Waals surface area contributed by atoms with Gasteiger partial charge in [-0.2, -0.15) is 0 Å². The van der Waals surface area contributed by atoms with Crippen molar-refractivity contribution in [1.29, 1.82) is 0 Å². The molecule has 1 aliphatic rings. The number of aliphatic hydroxyl groups is 4. The molecule has 0 radical (unpaired) electrons. The van der Waals surface area contributed by atoms with Crippen LogP contribution >= 0.6 is 0 Å². The third-order valence-electron chi connectivity index (χ3n) is 3.01. The maximum absolute atomic E-state index is 11.5. The summed E-state index contributed by atoms with van der Waals surface area (Å²) in [7, 11) is 0. The monoisotopic (exact) mass is 292 g/mol. The number of carbonyl (C=O) groups excluding carboxylic acids is 2. The predicted molar refractivity (Wildman–Crippen MR) is 64.4 cm³/mol. The van der Waals surface area contributed by atoms with Crippen molar-refractivity contribution in [2.75, 3.05) is 6.61 Å². The molecule has 0 bridgehead atoms. The number of carbonyl (C=O) groups is 2. The molecule has 20 heavy (non-hydrogen) atoms. The van der Waals surface area contributed by atoms with Gasteiger partial charge in [-0.05, 0) is 13.3 Å². The van der Waals surface area contributed by atoms with E-state index in [1.807, 2.05) is 0 Å². The fourth-order valence-corrected chi connectivity index (χ4v) is 1.83. The summed E-state index contributed by atoms with van der Waals surface area (Å²) in [5.41, 5.74) is 0. The molecule has 0 aromatic rings. The van der Waals surface area contributed by atoms with E-state index >= 15 is 0 Å². The van der Waals surface area contributed by atoms with Gasteiger partial charge in [0, 0.05) is 12.8 Å². The Labute approximate surface area is 115 Å². The fraction of sp³-hybridized carbons (Fsp3) is 0.833. The topological polar surface area (TPSA) is 134 Å². The third-order valence-corrected chi connectivity index (χ3v) is 3.01. The Balaban J connectivity index is 2.49. The van der Waals surface area contributed by atoms with Crippen LogP contribution in [-0.2, 0) is 19.1 Å². The smallest absolute Gasteiger partial charge is 0.308 e. The van der Waals surface area contributed by atoms with Crippen LogP contribution in [0.25, 0.3) is 0 Å². The molecule has 1 heterocycles. The second-order valence-corrected chi connectivity index (χ2v) is 4.74. The predicted octanol–water partition coefficient (Wildman–Crippen LogP) is -1.91. The van der Waals surface area contributed by atoms with Gasteiger partial charge in [-0.3, -0.25) is 4.79 Å². The minimum absolute atomic E-state index is 0.0331.